The first-order valence-electron chi connectivity index (χ1n) is 6.25. The Morgan fingerprint density at radius 2 is 1.89 bits per heavy atom. The Bertz CT molecular complexity index is 522. The lowest BCUT2D eigenvalue weighted by molar-refractivity contribution is 0.280. The molecule has 0 fully saturated rings. The van der Waals surface area contributed by atoms with Crippen molar-refractivity contribution in [3.05, 3.63) is 34.4 Å². The lowest BCUT2D eigenvalue weighted by Gasteiger charge is -2.03. The van der Waals surface area contributed by atoms with Crippen LogP contribution in [0.1, 0.15) is 18.4 Å². The Morgan fingerprint density at radius 1 is 1.11 bits per heavy atom. The van der Waals surface area contributed by atoms with Gasteiger partial charge in [-0.3, -0.25) is 0 Å². The second-order valence-electron chi connectivity index (χ2n) is 4.41. The van der Waals surface area contributed by atoms with E-state index in [1.54, 1.807) is 0 Å². The summed E-state index contributed by atoms with van der Waals surface area (Å²) in [6.07, 6.45) is 4.58. The summed E-state index contributed by atoms with van der Waals surface area (Å²) in [7, 11) is 0. The summed E-state index contributed by atoms with van der Waals surface area (Å²) >= 11 is 3.49. The number of nitrogens with zero attached hydrogens (tertiary/aromatic N) is 1. The predicted molar refractivity (Wildman–Crippen MR) is 76.7 cm³/mol. The zero-order chi connectivity index (χ0) is 13.0. The van der Waals surface area contributed by atoms with E-state index in [0.717, 1.165) is 30.3 Å². The summed E-state index contributed by atoms with van der Waals surface area (Å²) in [5, 5.41) is 19.1. The number of aryl methyl sites for hydroxylation is 2. The van der Waals surface area contributed by atoms with E-state index >= 15 is 0 Å². The molecule has 1 aromatic heterocycles. The number of aliphatic hydroxyl groups excluding tert-OH is 2. The Balaban J connectivity index is 2.39. The minimum Gasteiger partial charge on any atom is -0.396 e. The van der Waals surface area contributed by atoms with E-state index in [2.05, 4.69) is 38.8 Å². The summed E-state index contributed by atoms with van der Waals surface area (Å²) in [6, 6.07) is 6.26. The Kier molecular flexibility index (Phi) is 4.80. The molecule has 0 bridgehead atoms. The summed E-state index contributed by atoms with van der Waals surface area (Å²) in [6.45, 7) is 1.25. The van der Waals surface area contributed by atoms with Crippen molar-refractivity contribution in [2.75, 3.05) is 13.2 Å². The molecule has 0 saturated heterocycles. The molecule has 3 nitrogen and oxygen atoms in total. The van der Waals surface area contributed by atoms with E-state index in [4.69, 9.17) is 10.2 Å². The smallest absolute Gasteiger partial charge is 0.0494 e. The fraction of sp³-hybridized carbons (Fsp3) is 0.429. The maximum atomic E-state index is 8.95. The second kappa shape index (κ2) is 6.36. The van der Waals surface area contributed by atoms with Gasteiger partial charge in [0.15, 0.2) is 0 Å². The summed E-state index contributed by atoms with van der Waals surface area (Å²) in [5.74, 6) is 0. The molecule has 2 rings (SSSR count). The van der Waals surface area contributed by atoms with Crippen molar-refractivity contribution in [3.8, 4) is 0 Å². The molecule has 4 heteroatoms. The van der Waals surface area contributed by atoms with Gasteiger partial charge in [-0.05, 0) is 37.0 Å². The van der Waals surface area contributed by atoms with Gasteiger partial charge >= 0.3 is 0 Å². The number of benzene rings is 1. The minimum absolute atomic E-state index is 0.208. The molecule has 0 atom stereocenters. The first-order chi connectivity index (χ1) is 8.76. The standard InChI is InChI=1S/C14H18BrNO2/c15-12-4-5-13-11(3-1-7-17)10-16(6-2-8-18)14(13)9-12/h4-5,9-10,17-18H,1-3,6-8H2. The highest BCUT2D eigenvalue weighted by Crippen LogP contribution is 2.26. The first-order valence-corrected chi connectivity index (χ1v) is 7.04. The topological polar surface area (TPSA) is 45.4 Å². The molecule has 0 saturated carbocycles. The molecule has 0 aliphatic heterocycles. The fourth-order valence-corrected chi connectivity index (χ4v) is 2.58. The van der Waals surface area contributed by atoms with Gasteiger partial charge in [0.2, 0.25) is 0 Å². The van der Waals surface area contributed by atoms with Crippen LogP contribution in [0.2, 0.25) is 0 Å². The third kappa shape index (κ3) is 2.94. The van der Waals surface area contributed by atoms with Gasteiger partial charge in [0.05, 0.1) is 0 Å². The van der Waals surface area contributed by atoms with Crippen molar-refractivity contribution in [3.63, 3.8) is 0 Å². The highest BCUT2D eigenvalue weighted by Gasteiger charge is 2.08. The zero-order valence-corrected chi connectivity index (χ0v) is 11.9. The number of aromatic nitrogens is 1. The molecule has 0 aliphatic carbocycles. The van der Waals surface area contributed by atoms with Crippen molar-refractivity contribution in [1.82, 2.24) is 4.57 Å². The second-order valence-corrected chi connectivity index (χ2v) is 5.33. The van der Waals surface area contributed by atoms with Gasteiger partial charge in [-0.25, -0.2) is 0 Å². The van der Waals surface area contributed by atoms with Gasteiger partial charge < -0.3 is 14.8 Å². The molecule has 0 aliphatic rings. The SMILES string of the molecule is OCCCc1cn(CCCO)c2cc(Br)ccc12. The molecule has 1 heterocycles. The lowest BCUT2D eigenvalue weighted by atomic mass is 10.1. The van der Waals surface area contributed by atoms with E-state index in [1.165, 1.54) is 16.5 Å². The number of rotatable bonds is 6. The first kappa shape index (κ1) is 13.6. The van der Waals surface area contributed by atoms with Crippen LogP contribution in [0.3, 0.4) is 0 Å². The van der Waals surface area contributed by atoms with Gasteiger partial charge in [-0.15, -0.1) is 0 Å². The van der Waals surface area contributed by atoms with Crippen LogP contribution >= 0.6 is 15.9 Å². The van der Waals surface area contributed by atoms with Crippen LogP contribution in [-0.2, 0) is 13.0 Å². The summed E-state index contributed by atoms with van der Waals surface area (Å²) in [5.41, 5.74) is 2.45. The van der Waals surface area contributed by atoms with Crippen LogP contribution in [0.15, 0.2) is 28.9 Å². The fourth-order valence-electron chi connectivity index (χ4n) is 2.24. The average Bonchev–Trinajstić information content (AvgIpc) is 2.71. The van der Waals surface area contributed by atoms with E-state index in [-0.39, 0.29) is 13.2 Å². The van der Waals surface area contributed by atoms with Crippen molar-refractivity contribution in [1.29, 1.82) is 0 Å². The third-order valence-electron chi connectivity index (χ3n) is 3.09. The molecule has 2 N–H and O–H groups in total. The highest BCUT2D eigenvalue weighted by atomic mass is 79.9. The molecular weight excluding hydrogens is 294 g/mol. The Labute approximate surface area is 115 Å². The van der Waals surface area contributed by atoms with Gasteiger partial charge in [-0.2, -0.15) is 0 Å². The number of aliphatic hydroxyl groups is 2. The van der Waals surface area contributed by atoms with Crippen LogP contribution in [0.4, 0.5) is 0 Å². The van der Waals surface area contributed by atoms with Crippen LogP contribution in [0.5, 0.6) is 0 Å². The van der Waals surface area contributed by atoms with Crippen LogP contribution in [0.25, 0.3) is 10.9 Å². The number of halogens is 1. The average molecular weight is 312 g/mol. The number of hydrogen-bond donors (Lipinski definition) is 2. The molecular formula is C14H18BrNO2. The highest BCUT2D eigenvalue weighted by molar-refractivity contribution is 9.10. The van der Waals surface area contributed by atoms with Crippen LogP contribution in [-0.4, -0.2) is 28.0 Å². The lowest BCUT2D eigenvalue weighted by Crippen LogP contribution is -1.98. The van der Waals surface area contributed by atoms with E-state index in [9.17, 15) is 0 Å². The normalized spacial score (nSPS) is 11.3. The maximum absolute atomic E-state index is 8.95. The number of fused-ring (bicyclic) bond motifs is 1. The number of hydrogen-bond acceptors (Lipinski definition) is 2. The van der Waals surface area contributed by atoms with Gasteiger partial charge in [-0.1, -0.05) is 22.0 Å². The maximum Gasteiger partial charge on any atom is 0.0494 e. The molecule has 0 amide bonds. The zero-order valence-electron chi connectivity index (χ0n) is 10.3. The third-order valence-corrected chi connectivity index (χ3v) is 3.58. The largest absolute Gasteiger partial charge is 0.396 e. The predicted octanol–water partition coefficient (Wildman–Crippen LogP) is 2.71. The van der Waals surface area contributed by atoms with Gasteiger partial charge in [0, 0.05) is 41.3 Å². The van der Waals surface area contributed by atoms with Gasteiger partial charge in [0.1, 0.15) is 0 Å². The van der Waals surface area contributed by atoms with E-state index in [1.807, 2.05) is 6.07 Å². The Hall–Kier alpha value is -0.840. The monoisotopic (exact) mass is 311 g/mol. The van der Waals surface area contributed by atoms with Gasteiger partial charge in [0.25, 0.3) is 0 Å². The molecule has 98 valence electrons. The van der Waals surface area contributed by atoms with Crippen molar-refractivity contribution in [2.24, 2.45) is 0 Å². The molecule has 18 heavy (non-hydrogen) atoms. The molecule has 2 aromatic rings. The molecule has 0 radical (unpaired) electrons. The summed E-state index contributed by atoms with van der Waals surface area (Å²) in [4.78, 5) is 0. The summed E-state index contributed by atoms with van der Waals surface area (Å²) < 4.78 is 3.25. The Morgan fingerprint density at radius 3 is 2.61 bits per heavy atom. The van der Waals surface area contributed by atoms with Crippen LogP contribution < -0.4 is 0 Å². The van der Waals surface area contributed by atoms with E-state index in [0.29, 0.717) is 0 Å². The molecule has 0 spiro atoms. The van der Waals surface area contributed by atoms with Crippen LogP contribution in [0, 0.1) is 0 Å². The quantitative estimate of drug-likeness (QED) is 0.861. The van der Waals surface area contributed by atoms with E-state index < -0.39 is 0 Å². The minimum atomic E-state index is 0.208. The molecule has 0 unspecified atom stereocenters. The molecule has 1 aromatic carbocycles. The van der Waals surface area contributed by atoms with Crippen molar-refractivity contribution < 1.29 is 10.2 Å². The van der Waals surface area contributed by atoms with Crippen molar-refractivity contribution in [2.45, 2.75) is 25.8 Å². The van der Waals surface area contributed by atoms with Crippen molar-refractivity contribution >= 4 is 26.8 Å².